The molecule has 0 saturated heterocycles. The van der Waals surface area contributed by atoms with Gasteiger partial charge in [-0.3, -0.25) is 9.00 Å². The molecule has 2 unspecified atom stereocenters. The molecular weight excluding hydrogens is 268 g/mol. The number of carbonyl (C=O) groups is 1. The van der Waals surface area contributed by atoms with Gasteiger partial charge < -0.3 is 10.6 Å². The molecule has 18 heavy (non-hydrogen) atoms. The van der Waals surface area contributed by atoms with Crippen molar-refractivity contribution >= 4 is 33.7 Å². The molecule has 4 nitrogen and oxygen atoms in total. The van der Waals surface area contributed by atoms with Crippen LogP contribution >= 0.6 is 11.3 Å². The highest BCUT2D eigenvalue weighted by Gasteiger charge is 2.07. The van der Waals surface area contributed by atoms with E-state index in [9.17, 15) is 9.00 Å². The van der Waals surface area contributed by atoms with Crippen LogP contribution in [0.25, 0.3) is 0 Å². The molecule has 1 rings (SSSR count). The highest BCUT2D eigenvalue weighted by molar-refractivity contribution is 7.84. The second kappa shape index (κ2) is 7.66. The van der Waals surface area contributed by atoms with Crippen molar-refractivity contribution in [1.29, 1.82) is 0 Å². The summed E-state index contributed by atoms with van der Waals surface area (Å²) in [4.78, 5) is 12.1. The highest BCUT2D eigenvalue weighted by atomic mass is 32.2. The zero-order valence-electron chi connectivity index (χ0n) is 11.0. The molecule has 1 aromatic heterocycles. The van der Waals surface area contributed by atoms with Crippen LogP contribution in [0.15, 0.2) is 11.4 Å². The van der Waals surface area contributed by atoms with Gasteiger partial charge in [-0.25, -0.2) is 0 Å². The lowest BCUT2D eigenvalue weighted by molar-refractivity contribution is -0.114. The van der Waals surface area contributed by atoms with Crippen molar-refractivity contribution in [2.45, 2.75) is 32.1 Å². The lowest BCUT2D eigenvalue weighted by Gasteiger charge is -2.09. The molecule has 0 bridgehead atoms. The molecule has 1 heterocycles. The second-order valence-corrected chi connectivity index (χ2v) is 7.02. The number of thiophene rings is 1. The molecule has 6 heteroatoms. The van der Waals surface area contributed by atoms with Crippen LogP contribution in [-0.2, 0) is 22.1 Å². The van der Waals surface area contributed by atoms with Gasteiger partial charge in [0.1, 0.15) is 0 Å². The minimum Gasteiger partial charge on any atom is -0.325 e. The van der Waals surface area contributed by atoms with Crippen LogP contribution in [0.4, 0.5) is 5.69 Å². The zero-order chi connectivity index (χ0) is 13.5. The van der Waals surface area contributed by atoms with Gasteiger partial charge in [-0.05, 0) is 24.4 Å². The molecule has 0 fully saturated rings. The van der Waals surface area contributed by atoms with E-state index < -0.39 is 10.8 Å². The van der Waals surface area contributed by atoms with E-state index in [0.717, 1.165) is 30.1 Å². The van der Waals surface area contributed by atoms with Crippen molar-refractivity contribution < 1.29 is 9.00 Å². The number of carbonyl (C=O) groups excluding carboxylic acids is 1. The zero-order valence-corrected chi connectivity index (χ0v) is 12.6. The molecule has 0 spiro atoms. The Morgan fingerprint density at radius 3 is 2.89 bits per heavy atom. The maximum atomic E-state index is 11.2. The molecular formula is C12H20N2O2S2. The van der Waals surface area contributed by atoms with Gasteiger partial charge in [0.25, 0.3) is 0 Å². The summed E-state index contributed by atoms with van der Waals surface area (Å²) in [6.45, 7) is 5.06. The second-order valence-electron chi connectivity index (χ2n) is 4.21. The summed E-state index contributed by atoms with van der Waals surface area (Å²) in [5.41, 5.74) is 0.882. The van der Waals surface area contributed by atoms with Gasteiger partial charge in [0, 0.05) is 40.7 Å². The van der Waals surface area contributed by atoms with Crippen molar-refractivity contribution in [1.82, 2.24) is 5.32 Å². The smallest absolute Gasteiger partial charge is 0.221 e. The first-order valence-corrected chi connectivity index (χ1v) is 8.37. The fraction of sp³-hybridized carbons (Fsp3) is 0.583. The van der Waals surface area contributed by atoms with Crippen molar-refractivity contribution in [3.63, 3.8) is 0 Å². The largest absolute Gasteiger partial charge is 0.325 e. The van der Waals surface area contributed by atoms with E-state index in [-0.39, 0.29) is 11.2 Å². The molecule has 0 aliphatic carbocycles. The number of rotatable bonds is 7. The van der Waals surface area contributed by atoms with E-state index in [2.05, 4.69) is 10.6 Å². The Labute approximate surface area is 115 Å². The number of hydrogen-bond acceptors (Lipinski definition) is 4. The molecule has 0 aromatic carbocycles. The third kappa shape index (κ3) is 5.29. The predicted molar refractivity (Wildman–Crippen MR) is 78.5 cm³/mol. The summed E-state index contributed by atoms with van der Waals surface area (Å²) in [6.07, 6.45) is 2.63. The monoisotopic (exact) mass is 288 g/mol. The van der Waals surface area contributed by atoms with Gasteiger partial charge in [0.2, 0.25) is 5.91 Å². The van der Waals surface area contributed by atoms with Gasteiger partial charge in [0.05, 0.1) is 5.69 Å². The molecule has 2 atom stereocenters. The minimum atomic E-state index is -0.757. The quantitative estimate of drug-likeness (QED) is 0.754. The average Bonchev–Trinajstić information content (AvgIpc) is 2.70. The maximum absolute atomic E-state index is 11.2. The summed E-state index contributed by atoms with van der Waals surface area (Å²) in [5.74, 6) is -0.0512. The Morgan fingerprint density at radius 1 is 1.56 bits per heavy atom. The van der Waals surface area contributed by atoms with E-state index in [1.807, 2.05) is 18.4 Å². The minimum absolute atomic E-state index is 0.0512. The number of hydrogen-bond donors (Lipinski definition) is 2. The standard InChI is InChI=1S/C12H20N2O2S2/c1-9(18(3)16)4-6-13-8-12-11(5-7-17-12)14-10(2)15/h5,7,9,13H,4,6,8H2,1-3H3,(H,14,15). The first kappa shape index (κ1) is 15.3. The third-order valence-corrected chi connectivity index (χ3v) is 4.93. The molecule has 0 aliphatic rings. The molecule has 0 radical (unpaired) electrons. The lowest BCUT2D eigenvalue weighted by atomic mass is 10.3. The van der Waals surface area contributed by atoms with E-state index in [0.29, 0.717) is 0 Å². The van der Waals surface area contributed by atoms with Crippen molar-refractivity contribution in [2.75, 3.05) is 18.1 Å². The normalized spacial score (nSPS) is 14.2. The van der Waals surface area contributed by atoms with Crippen LogP contribution in [0.2, 0.25) is 0 Å². The Hall–Kier alpha value is -0.720. The number of amides is 1. The van der Waals surface area contributed by atoms with Crippen LogP contribution < -0.4 is 10.6 Å². The first-order valence-electron chi connectivity index (χ1n) is 5.87. The summed E-state index contributed by atoms with van der Waals surface area (Å²) < 4.78 is 11.2. The molecule has 0 aliphatic heterocycles. The van der Waals surface area contributed by atoms with Gasteiger partial charge in [-0.2, -0.15) is 0 Å². The van der Waals surface area contributed by atoms with Crippen LogP contribution in [0, 0.1) is 0 Å². The van der Waals surface area contributed by atoms with Gasteiger partial charge in [0.15, 0.2) is 0 Å². The van der Waals surface area contributed by atoms with Gasteiger partial charge >= 0.3 is 0 Å². The van der Waals surface area contributed by atoms with Crippen LogP contribution in [0.3, 0.4) is 0 Å². The summed E-state index contributed by atoms with van der Waals surface area (Å²) in [5, 5.41) is 8.30. The SMILES string of the molecule is CC(=O)Nc1ccsc1CNCCC(C)S(C)=O. The number of nitrogens with one attached hydrogen (secondary N) is 2. The Morgan fingerprint density at radius 2 is 2.28 bits per heavy atom. The van der Waals surface area contributed by atoms with Crippen molar-refractivity contribution in [3.05, 3.63) is 16.3 Å². The van der Waals surface area contributed by atoms with Crippen molar-refractivity contribution in [2.24, 2.45) is 0 Å². The summed E-state index contributed by atoms with van der Waals surface area (Å²) in [7, 11) is -0.757. The van der Waals surface area contributed by atoms with Crippen LogP contribution in [0.5, 0.6) is 0 Å². The Kier molecular flexibility index (Phi) is 6.52. The molecule has 102 valence electrons. The van der Waals surface area contributed by atoms with E-state index >= 15 is 0 Å². The average molecular weight is 288 g/mol. The Bertz CT molecular complexity index is 418. The first-order chi connectivity index (χ1) is 8.50. The predicted octanol–water partition coefficient (Wildman–Crippen LogP) is 1.95. The fourth-order valence-electron chi connectivity index (χ4n) is 1.45. The lowest BCUT2D eigenvalue weighted by Crippen LogP contribution is -2.21. The van der Waals surface area contributed by atoms with Gasteiger partial charge in [-0.15, -0.1) is 11.3 Å². The topological polar surface area (TPSA) is 58.2 Å². The Balaban J connectivity index is 2.33. The summed E-state index contributed by atoms with van der Waals surface area (Å²) in [6, 6.07) is 1.91. The van der Waals surface area contributed by atoms with Crippen LogP contribution in [-0.4, -0.2) is 28.2 Å². The summed E-state index contributed by atoms with van der Waals surface area (Å²) >= 11 is 1.62. The molecule has 1 aromatic rings. The maximum Gasteiger partial charge on any atom is 0.221 e. The molecule has 0 saturated carbocycles. The molecule has 2 N–H and O–H groups in total. The van der Waals surface area contributed by atoms with E-state index in [1.54, 1.807) is 17.6 Å². The molecule has 1 amide bonds. The van der Waals surface area contributed by atoms with E-state index in [1.165, 1.54) is 6.92 Å². The number of anilines is 1. The van der Waals surface area contributed by atoms with Crippen LogP contribution in [0.1, 0.15) is 25.1 Å². The van der Waals surface area contributed by atoms with Crippen molar-refractivity contribution in [3.8, 4) is 0 Å². The van der Waals surface area contributed by atoms with Gasteiger partial charge in [-0.1, -0.05) is 6.92 Å². The fourth-order valence-corrected chi connectivity index (χ4v) is 2.70. The third-order valence-electron chi connectivity index (χ3n) is 2.64. The van der Waals surface area contributed by atoms with E-state index in [4.69, 9.17) is 0 Å². The highest BCUT2D eigenvalue weighted by Crippen LogP contribution is 2.21.